The summed E-state index contributed by atoms with van der Waals surface area (Å²) in [5, 5.41) is 0. The molecule has 0 aliphatic heterocycles. The van der Waals surface area contributed by atoms with Gasteiger partial charge in [-0.3, -0.25) is 0 Å². The smallest absolute Gasteiger partial charge is 0.118 e. The number of benzene rings is 4. The van der Waals surface area contributed by atoms with Gasteiger partial charge in [0.1, 0.15) is 18.1 Å². The molecule has 0 radical (unpaired) electrons. The fourth-order valence-corrected chi connectivity index (χ4v) is 6.65. The lowest BCUT2D eigenvalue weighted by molar-refractivity contribution is 0.188. The fraction of sp³-hybridized carbons (Fsp3) is 0.190. The molecular weight excluding hydrogens is 552 g/mol. The molecule has 0 N–H and O–H groups in total. The maximum atomic E-state index is 6.20. The number of allylic oxidation sites excluding steroid dienone is 4. The number of terminal acetylenes is 1. The molecule has 0 aromatic heterocycles. The summed E-state index contributed by atoms with van der Waals surface area (Å²) < 4.78 is 17.3. The third-order valence-corrected chi connectivity index (χ3v) is 8.38. The molecule has 0 bridgehead atoms. The second kappa shape index (κ2) is 13.7. The Kier molecular flexibility index (Phi) is 9.57. The summed E-state index contributed by atoms with van der Waals surface area (Å²) in [5.74, 6) is 4.26. The van der Waals surface area contributed by atoms with Gasteiger partial charge < -0.3 is 14.2 Å². The van der Waals surface area contributed by atoms with Gasteiger partial charge in [-0.1, -0.05) is 109 Å². The van der Waals surface area contributed by atoms with Crippen molar-refractivity contribution in [2.75, 3.05) is 27.4 Å². The van der Waals surface area contributed by atoms with E-state index in [4.69, 9.17) is 20.6 Å². The van der Waals surface area contributed by atoms with Crippen molar-refractivity contribution >= 4 is 5.57 Å². The number of hydrogen-bond donors (Lipinski definition) is 0. The number of methoxy groups -OCH3 is 2. The highest BCUT2D eigenvalue weighted by Gasteiger charge is 2.54. The molecule has 0 unspecified atom stereocenters. The summed E-state index contributed by atoms with van der Waals surface area (Å²) in [7, 11) is 3.38. The van der Waals surface area contributed by atoms with E-state index in [-0.39, 0.29) is 6.61 Å². The van der Waals surface area contributed by atoms with Gasteiger partial charge in [0.2, 0.25) is 0 Å². The summed E-state index contributed by atoms with van der Waals surface area (Å²) >= 11 is 0. The Morgan fingerprint density at radius 2 is 1.18 bits per heavy atom. The minimum atomic E-state index is -0.641. The van der Waals surface area contributed by atoms with E-state index in [1.807, 2.05) is 24.3 Å². The molecule has 4 aromatic carbocycles. The van der Waals surface area contributed by atoms with Crippen LogP contribution in [0.25, 0.3) is 5.57 Å². The van der Waals surface area contributed by atoms with E-state index in [1.54, 1.807) is 14.2 Å². The summed E-state index contributed by atoms with van der Waals surface area (Å²) in [6, 6.07) is 38.1. The van der Waals surface area contributed by atoms with Gasteiger partial charge in [0.25, 0.3) is 0 Å². The van der Waals surface area contributed by atoms with Crippen LogP contribution >= 0.6 is 0 Å². The Bertz CT molecular complexity index is 1700. The lowest BCUT2D eigenvalue weighted by Crippen LogP contribution is -2.45. The molecule has 5 rings (SSSR count). The van der Waals surface area contributed by atoms with E-state index in [9.17, 15) is 0 Å². The van der Waals surface area contributed by atoms with Crippen molar-refractivity contribution in [2.24, 2.45) is 0 Å². The van der Waals surface area contributed by atoms with Gasteiger partial charge in [-0.25, -0.2) is 0 Å². The van der Waals surface area contributed by atoms with E-state index in [0.29, 0.717) is 6.61 Å². The van der Waals surface area contributed by atoms with E-state index >= 15 is 0 Å². The quantitative estimate of drug-likeness (QED) is 0.0987. The highest BCUT2D eigenvalue weighted by Crippen LogP contribution is 2.63. The van der Waals surface area contributed by atoms with Crippen molar-refractivity contribution in [1.82, 2.24) is 0 Å². The van der Waals surface area contributed by atoms with Gasteiger partial charge in [0, 0.05) is 0 Å². The summed E-state index contributed by atoms with van der Waals surface area (Å²) in [6.45, 7) is 11.5. The molecule has 0 saturated heterocycles. The second-order valence-corrected chi connectivity index (χ2v) is 11.4. The van der Waals surface area contributed by atoms with Crippen molar-refractivity contribution in [1.29, 1.82) is 0 Å². The largest absolute Gasteiger partial charge is 0.497 e. The van der Waals surface area contributed by atoms with Crippen LogP contribution in [0.5, 0.6) is 11.5 Å². The van der Waals surface area contributed by atoms with Crippen molar-refractivity contribution < 1.29 is 14.2 Å². The summed E-state index contributed by atoms with van der Waals surface area (Å²) in [5.41, 5.74) is 11.7. The SMILES string of the molecule is C#CCOCC1=C(C(C(=C)C)=C(C)C)C(c2ccccc2)(c2ccccc2)C1=C(c1ccc(OC)cc1)c1ccc(OC)cc1. The van der Waals surface area contributed by atoms with Crippen molar-refractivity contribution in [2.45, 2.75) is 26.2 Å². The standard InChI is InChI=1S/C42H40O3/c1-8-27-45-28-37-40(38(29(2)3)30(4)5)42(33-15-11-9-12-16-33,34-17-13-10-14-18-34)41(37)39(31-19-23-35(43-6)24-20-31)32-21-25-36(44-7)26-22-32/h1,9-26H,2,27-28H2,3-7H3. The normalized spacial score (nSPS) is 13.4. The zero-order chi connectivity index (χ0) is 32.0. The van der Waals surface area contributed by atoms with Crippen molar-refractivity contribution in [3.8, 4) is 23.8 Å². The van der Waals surface area contributed by atoms with Gasteiger partial charge in [0.15, 0.2) is 0 Å². The van der Waals surface area contributed by atoms with Crippen LogP contribution in [0.2, 0.25) is 0 Å². The first kappa shape index (κ1) is 31.4. The van der Waals surface area contributed by atoms with Crippen LogP contribution < -0.4 is 9.47 Å². The van der Waals surface area contributed by atoms with Gasteiger partial charge in [0.05, 0.1) is 26.2 Å². The summed E-state index contributed by atoms with van der Waals surface area (Å²) in [4.78, 5) is 0. The van der Waals surface area contributed by atoms with Crippen LogP contribution in [0.3, 0.4) is 0 Å². The number of ether oxygens (including phenoxy) is 3. The highest BCUT2D eigenvalue weighted by atomic mass is 16.5. The van der Waals surface area contributed by atoms with Crippen LogP contribution in [0.1, 0.15) is 43.0 Å². The molecule has 4 aromatic rings. The molecule has 0 spiro atoms. The molecule has 0 fully saturated rings. The van der Waals surface area contributed by atoms with Crippen LogP contribution in [0.4, 0.5) is 0 Å². The second-order valence-electron chi connectivity index (χ2n) is 11.4. The molecule has 0 amide bonds. The Hall–Kier alpha value is -5.04. The van der Waals surface area contributed by atoms with Crippen LogP contribution in [-0.4, -0.2) is 27.4 Å². The first-order valence-corrected chi connectivity index (χ1v) is 15.1. The molecule has 0 saturated carbocycles. The Balaban J connectivity index is 2.04. The van der Waals surface area contributed by atoms with Gasteiger partial charge >= 0.3 is 0 Å². The Labute approximate surface area is 268 Å². The lowest BCUT2D eigenvalue weighted by Gasteiger charge is -2.52. The van der Waals surface area contributed by atoms with Crippen molar-refractivity contribution in [3.05, 3.63) is 171 Å². The topological polar surface area (TPSA) is 27.7 Å². The molecule has 3 nitrogen and oxygen atoms in total. The monoisotopic (exact) mass is 592 g/mol. The van der Waals surface area contributed by atoms with Crippen LogP contribution in [0.15, 0.2) is 149 Å². The minimum absolute atomic E-state index is 0.214. The molecule has 1 aliphatic rings. The Morgan fingerprint density at radius 3 is 1.56 bits per heavy atom. The third kappa shape index (κ3) is 5.78. The van der Waals surface area contributed by atoms with Crippen LogP contribution in [0, 0.1) is 12.3 Å². The van der Waals surface area contributed by atoms with E-state index in [2.05, 4.69) is 118 Å². The van der Waals surface area contributed by atoms with E-state index < -0.39 is 5.41 Å². The highest BCUT2D eigenvalue weighted by molar-refractivity contribution is 5.95. The zero-order valence-corrected chi connectivity index (χ0v) is 26.8. The van der Waals surface area contributed by atoms with Crippen molar-refractivity contribution in [3.63, 3.8) is 0 Å². The number of hydrogen-bond acceptors (Lipinski definition) is 3. The molecule has 226 valence electrons. The van der Waals surface area contributed by atoms with E-state index in [0.717, 1.165) is 44.9 Å². The maximum Gasteiger partial charge on any atom is 0.118 e. The predicted molar refractivity (Wildman–Crippen MR) is 186 cm³/mol. The minimum Gasteiger partial charge on any atom is -0.497 e. The molecular formula is C42H40O3. The maximum absolute atomic E-state index is 6.20. The molecule has 45 heavy (non-hydrogen) atoms. The zero-order valence-electron chi connectivity index (χ0n) is 26.8. The first-order valence-electron chi connectivity index (χ1n) is 15.1. The van der Waals surface area contributed by atoms with E-state index in [1.165, 1.54) is 27.8 Å². The molecule has 0 heterocycles. The molecule has 1 aliphatic carbocycles. The van der Waals surface area contributed by atoms with Gasteiger partial charge in [-0.2, -0.15) is 0 Å². The van der Waals surface area contributed by atoms with Crippen LogP contribution in [-0.2, 0) is 10.2 Å². The van der Waals surface area contributed by atoms with Gasteiger partial charge in [-0.05, 0) is 95.2 Å². The average molecular weight is 593 g/mol. The number of rotatable bonds is 11. The molecule has 0 atom stereocenters. The first-order chi connectivity index (χ1) is 21.9. The molecule has 3 heteroatoms. The summed E-state index contributed by atoms with van der Waals surface area (Å²) in [6.07, 6.45) is 5.68. The fourth-order valence-electron chi connectivity index (χ4n) is 6.65. The Morgan fingerprint density at radius 1 is 0.711 bits per heavy atom. The third-order valence-electron chi connectivity index (χ3n) is 8.38. The lowest BCUT2D eigenvalue weighted by atomic mass is 9.49. The average Bonchev–Trinajstić information content (AvgIpc) is 3.07. The predicted octanol–water partition coefficient (Wildman–Crippen LogP) is 9.36. The van der Waals surface area contributed by atoms with Gasteiger partial charge in [-0.15, -0.1) is 6.42 Å².